The van der Waals surface area contributed by atoms with Gasteiger partial charge in [-0.25, -0.2) is 8.42 Å². The highest BCUT2D eigenvalue weighted by Gasteiger charge is 2.20. The number of sulfone groups is 1. The highest BCUT2D eigenvalue weighted by atomic mass is 32.2. The number of rotatable bonds is 4. The van der Waals surface area contributed by atoms with Crippen LogP contribution >= 0.6 is 0 Å². The van der Waals surface area contributed by atoms with Crippen LogP contribution in [0.4, 0.5) is 0 Å². The maximum atomic E-state index is 12.3. The van der Waals surface area contributed by atoms with Gasteiger partial charge in [0.15, 0.2) is 0 Å². The Bertz CT molecular complexity index is 653. The van der Waals surface area contributed by atoms with E-state index in [0.717, 1.165) is 0 Å². The first-order valence-electron chi connectivity index (χ1n) is 5.99. The van der Waals surface area contributed by atoms with Crippen molar-refractivity contribution >= 4 is 35.0 Å². The van der Waals surface area contributed by atoms with E-state index in [1.807, 2.05) is 0 Å². The molecule has 0 saturated heterocycles. The summed E-state index contributed by atoms with van der Waals surface area (Å²) in [6.07, 6.45) is 0. The van der Waals surface area contributed by atoms with Crippen molar-refractivity contribution in [2.24, 2.45) is 0 Å². The van der Waals surface area contributed by atoms with Crippen molar-refractivity contribution < 1.29 is 28.5 Å². The van der Waals surface area contributed by atoms with Crippen molar-refractivity contribution in [3.8, 4) is 0 Å². The Morgan fingerprint density at radius 2 is 0.905 bits per heavy atom. The monoisotopic (exact) mass is 306 g/mol. The molecule has 0 bridgehead atoms. The Kier molecular flexibility index (Phi) is 4.50. The Hall–Kier alpha value is -1.64. The summed E-state index contributed by atoms with van der Waals surface area (Å²) in [5.41, 5.74) is 0.375. The Morgan fingerprint density at radius 3 is 1.14 bits per heavy atom. The second-order valence-corrected chi connectivity index (χ2v) is 6.34. The van der Waals surface area contributed by atoms with Crippen LogP contribution in [0, 0.1) is 0 Å². The molecule has 0 spiro atoms. The summed E-state index contributed by atoms with van der Waals surface area (Å²) in [6, 6.07) is 10.3. The molecule has 0 aromatic heterocycles. The van der Waals surface area contributed by atoms with E-state index >= 15 is 0 Å². The van der Waals surface area contributed by atoms with Crippen LogP contribution in [0.5, 0.6) is 0 Å². The van der Waals surface area contributed by atoms with Gasteiger partial charge in [0, 0.05) is 0 Å². The molecule has 0 atom stereocenters. The molecule has 2 rings (SSSR count). The second-order valence-electron chi connectivity index (χ2n) is 4.39. The van der Waals surface area contributed by atoms with E-state index in [4.69, 9.17) is 20.1 Å². The quantitative estimate of drug-likeness (QED) is 0.480. The average Bonchev–Trinajstić information content (AvgIpc) is 2.47. The lowest BCUT2D eigenvalue weighted by atomic mass is 9.81. The van der Waals surface area contributed by atoms with Crippen LogP contribution in [-0.4, -0.2) is 42.8 Å². The van der Waals surface area contributed by atoms with E-state index in [-0.39, 0.29) is 20.7 Å². The lowest BCUT2D eigenvalue weighted by Crippen LogP contribution is -2.30. The number of hydrogen-bond acceptors (Lipinski definition) is 6. The van der Waals surface area contributed by atoms with Crippen LogP contribution in [-0.2, 0) is 9.84 Å². The van der Waals surface area contributed by atoms with Crippen molar-refractivity contribution in [3.05, 3.63) is 48.5 Å². The fourth-order valence-electron chi connectivity index (χ4n) is 1.77. The topological polar surface area (TPSA) is 115 Å². The first-order chi connectivity index (χ1) is 9.82. The molecule has 2 aromatic carbocycles. The second kappa shape index (κ2) is 6.00. The molecule has 0 radical (unpaired) electrons. The highest BCUT2D eigenvalue weighted by molar-refractivity contribution is 7.91. The molecule has 2 aromatic rings. The van der Waals surface area contributed by atoms with Gasteiger partial charge in [-0.05, 0) is 35.2 Å². The molecule has 108 valence electrons. The SMILES string of the molecule is O=S(=O)(c1ccc(B(O)O)cc1)c1ccc(B(O)O)cc1. The third kappa shape index (κ3) is 3.34. The predicted octanol–water partition coefficient (Wildman–Crippen LogP) is -2.12. The maximum absolute atomic E-state index is 12.3. The largest absolute Gasteiger partial charge is 0.488 e. The van der Waals surface area contributed by atoms with Gasteiger partial charge < -0.3 is 20.1 Å². The summed E-state index contributed by atoms with van der Waals surface area (Å²) in [5, 5.41) is 35.9. The molecule has 21 heavy (non-hydrogen) atoms. The van der Waals surface area contributed by atoms with Crippen LogP contribution in [0.25, 0.3) is 0 Å². The molecule has 0 fully saturated rings. The van der Waals surface area contributed by atoms with Crippen LogP contribution < -0.4 is 10.9 Å². The zero-order valence-electron chi connectivity index (χ0n) is 10.8. The third-order valence-corrected chi connectivity index (χ3v) is 4.76. The summed E-state index contributed by atoms with van der Waals surface area (Å²) in [6.45, 7) is 0. The van der Waals surface area contributed by atoms with E-state index in [1.54, 1.807) is 0 Å². The van der Waals surface area contributed by atoms with Crippen LogP contribution in [0.1, 0.15) is 0 Å². The van der Waals surface area contributed by atoms with Gasteiger partial charge in [-0.2, -0.15) is 0 Å². The average molecular weight is 306 g/mol. The van der Waals surface area contributed by atoms with E-state index < -0.39 is 24.1 Å². The minimum atomic E-state index is -3.75. The van der Waals surface area contributed by atoms with Gasteiger partial charge in [0.2, 0.25) is 9.84 Å². The van der Waals surface area contributed by atoms with Crippen LogP contribution in [0.3, 0.4) is 0 Å². The molecule has 4 N–H and O–H groups in total. The molecule has 0 aliphatic rings. The maximum Gasteiger partial charge on any atom is 0.488 e. The lowest BCUT2D eigenvalue weighted by molar-refractivity contribution is 0.424. The van der Waals surface area contributed by atoms with Crippen molar-refractivity contribution in [3.63, 3.8) is 0 Å². The summed E-state index contributed by atoms with van der Waals surface area (Å²) < 4.78 is 24.7. The molecule has 6 nitrogen and oxygen atoms in total. The third-order valence-electron chi connectivity index (χ3n) is 2.98. The van der Waals surface area contributed by atoms with Gasteiger partial charge in [-0.15, -0.1) is 0 Å². The van der Waals surface area contributed by atoms with Gasteiger partial charge in [0.1, 0.15) is 0 Å². The van der Waals surface area contributed by atoms with E-state index in [2.05, 4.69) is 0 Å². The molecule has 0 saturated carbocycles. The van der Waals surface area contributed by atoms with Gasteiger partial charge >= 0.3 is 14.2 Å². The van der Waals surface area contributed by atoms with E-state index in [0.29, 0.717) is 0 Å². The Balaban J connectivity index is 2.37. The molecule has 0 heterocycles. The van der Waals surface area contributed by atoms with Crippen molar-refractivity contribution in [1.82, 2.24) is 0 Å². The molecule has 0 amide bonds. The summed E-state index contributed by atoms with van der Waals surface area (Å²) in [4.78, 5) is 0.00777. The molecule has 0 aliphatic carbocycles. The number of benzene rings is 2. The number of hydrogen-bond donors (Lipinski definition) is 4. The highest BCUT2D eigenvalue weighted by Crippen LogP contribution is 2.19. The minimum Gasteiger partial charge on any atom is -0.423 e. The fourth-order valence-corrected chi connectivity index (χ4v) is 3.04. The van der Waals surface area contributed by atoms with Crippen LogP contribution in [0.15, 0.2) is 58.3 Å². The standard InChI is InChI=1S/C12H12B2O6S/c15-13(16)9-1-5-11(6-2-9)21(19,20)12-7-3-10(4-8-12)14(17)18/h1-8,15-18H. The van der Waals surface area contributed by atoms with E-state index in [9.17, 15) is 8.42 Å². The van der Waals surface area contributed by atoms with Gasteiger partial charge in [-0.1, -0.05) is 24.3 Å². The van der Waals surface area contributed by atoms with Crippen molar-refractivity contribution in [1.29, 1.82) is 0 Å². The van der Waals surface area contributed by atoms with Gasteiger partial charge in [0.05, 0.1) is 9.79 Å². The van der Waals surface area contributed by atoms with Gasteiger partial charge in [0.25, 0.3) is 0 Å². The van der Waals surface area contributed by atoms with Crippen molar-refractivity contribution in [2.75, 3.05) is 0 Å². The first-order valence-corrected chi connectivity index (χ1v) is 7.48. The normalized spacial score (nSPS) is 11.2. The summed E-state index contributed by atoms with van der Waals surface area (Å²) in [7, 11) is -7.07. The summed E-state index contributed by atoms with van der Waals surface area (Å²) >= 11 is 0. The summed E-state index contributed by atoms with van der Waals surface area (Å²) in [5.74, 6) is 0. The first kappa shape index (κ1) is 15.7. The fraction of sp³-hybridized carbons (Fsp3) is 0. The zero-order valence-corrected chi connectivity index (χ0v) is 11.6. The molecule has 9 heteroatoms. The molecule has 0 unspecified atom stereocenters. The van der Waals surface area contributed by atoms with Crippen molar-refractivity contribution in [2.45, 2.75) is 9.79 Å². The zero-order chi connectivity index (χ0) is 15.6. The Labute approximate surface area is 122 Å². The van der Waals surface area contributed by atoms with Gasteiger partial charge in [-0.3, -0.25) is 0 Å². The smallest absolute Gasteiger partial charge is 0.423 e. The predicted molar refractivity (Wildman–Crippen MR) is 78.0 cm³/mol. The van der Waals surface area contributed by atoms with Crippen LogP contribution in [0.2, 0.25) is 0 Å². The minimum absolute atomic E-state index is 0.00389. The lowest BCUT2D eigenvalue weighted by Gasteiger charge is -2.07. The Morgan fingerprint density at radius 1 is 0.619 bits per heavy atom. The molecular formula is C12H12B2O6S. The molecular weight excluding hydrogens is 294 g/mol. The van der Waals surface area contributed by atoms with E-state index in [1.165, 1.54) is 48.5 Å². The molecule has 0 aliphatic heterocycles.